The molecular formula is C22H27N5O5S. The summed E-state index contributed by atoms with van der Waals surface area (Å²) in [5.74, 6) is 1.59. The number of ether oxygens (including phenoxy) is 3. The van der Waals surface area contributed by atoms with E-state index in [9.17, 15) is 9.59 Å². The number of hydrogen-bond donors (Lipinski definition) is 1. The van der Waals surface area contributed by atoms with Gasteiger partial charge in [0.15, 0.2) is 11.5 Å². The third-order valence-electron chi connectivity index (χ3n) is 5.58. The Hall–Kier alpha value is -3.34. The summed E-state index contributed by atoms with van der Waals surface area (Å²) in [5.41, 5.74) is 0.414. The van der Waals surface area contributed by atoms with Gasteiger partial charge in [-0.3, -0.25) is 9.59 Å². The summed E-state index contributed by atoms with van der Waals surface area (Å²) < 4.78 is 17.5. The molecule has 0 saturated carbocycles. The first-order valence-corrected chi connectivity index (χ1v) is 11.5. The number of nitrogens with zero attached hydrogens (tertiary/aromatic N) is 4. The fourth-order valence-electron chi connectivity index (χ4n) is 3.97. The molecule has 1 aliphatic rings. The van der Waals surface area contributed by atoms with E-state index in [2.05, 4.69) is 27.2 Å². The van der Waals surface area contributed by atoms with Crippen molar-refractivity contribution in [2.24, 2.45) is 5.92 Å². The largest absolute Gasteiger partial charge is 0.493 e. The van der Waals surface area contributed by atoms with Gasteiger partial charge >= 0.3 is 0 Å². The van der Waals surface area contributed by atoms with Crippen LogP contribution in [-0.4, -0.2) is 54.9 Å². The van der Waals surface area contributed by atoms with E-state index in [1.54, 1.807) is 12.1 Å². The maximum absolute atomic E-state index is 13.0. The fraction of sp³-hybridized carbons (Fsp3) is 0.455. The summed E-state index contributed by atoms with van der Waals surface area (Å²) in [7, 11) is 4.59. The lowest BCUT2D eigenvalue weighted by Crippen LogP contribution is -2.34. The molecule has 1 amide bonds. The van der Waals surface area contributed by atoms with Gasteiger partial charge in [0, 0.05) is 25.7 Å². The number of nitrogens with one attached hydrogen (secondary N) is 1. The summed E-state index contributed by atoms with van der Waals surface area (Å²) in [6.45, 7) is 4.20. The van der Waals surface area contributed by atoms with Crippen molar-refractivity contribution in [3.63, 3.8) is 0 Å². The number of rotatable bonds is 7. The molecule has 10 nitrogen and oxygen atoms in total. The van der Waals surface area contributed by atoms with E-state index in [-0.39, 0.29) is 12.2 Å². The summed E-state index contributed by atoms with van der Waals surface area (Å²) in [4.78, 5) is 31.8. The number of carbonyl (C=O) groups is 1. The lowest BCUT2D eigenvalue weighted by molar-refractivity contribution is 0.0943. The maximum Gasteiger partial charge on any atom is 0.274 e. The highest BCUT2D eigenvalue weighted by Crippen LogP contribution is 2.38. The molecule has 1 atom stereocenters. The van der Waals surface area contributed by atoms with Crippen LogP contribution < -0.4 is 30.0 Å². The molecule has 1 aromatic carbocycles. The Morgan fingerprint density at radius 2 is 1.91 bits per heavy atom. The number of methoxy groups -OCH3 is 3. The Morgan fingerprint density at radius 1 is 1.18 bits per heavy atom. The van der Waals surface area contributed by atoms with Crippen molar-refractivity contribution < 1.29 is 19.0 Å². The Bertz CT molecular complexity index is 1200. The highest BCUT2D eigenvalue weighted by atomic mass is 32.1. The summed E-state index contributed by atoms with van der Waals surface area (Å²) >= 11 is 1.32. The van der Waals surface area contributed by atoms with E-state index < -0.39 is 11.5 Å². The van der Waals surface area contributed by atoms with Gasteiger partial charge in [-0.15, -0.1) is 5.10 Å². The van der Waals surface area contributed by atoms with Crippen molar-refractivity contribution in [1.29, 1.82) is 0 Å². The van der Waals surface area contributed by atoms with Gasteiger partial charge in [0.25, 0.3) is 11.5 Å². The van der Waals surface area contributed by atoms with E-state index in [1.807, 2.05) is 0 Å². The number of carbonyl (C=O) groups excluding carboxylic acids is 1. The smallest absolute Gasteiger partial charge is 0.274 e. The van der Waals surface area contributed by atoms with Crippen LogP contribution in [0.3, 0.4) is 0 Å². The minimum absolute atomic E-state index is 0.144. The molecule has 0 unspecified atom stereocenters. The second-order valence-electron chi connectivity index (χ2n) is 7.97. The summed E-state index contributed by atoms with van der Waals surface area (Å²) in [6, 6.07) is 4.72. The second-order valence-corrected chi connectivity index (χ2v) is 8.90. The number of hydrogen-bond acceptors (Lipinski definition) is 9. The van der Waals surface area contributed by atoms with E-state index in [0.717, 1.165) is 30.2 Å². The molecule has 0 spiro atoms. The summed E-state index contributed by atoms with van der Waals surface area (Å²) in [5, 5.41) is 8.21. The molecule has 4 rings (SSSR count). The van der Waals surface area contributed by atoms with Gasteiger partial charge in [-0.05, 0) is 36.5 Å². The van der Waals surface area contributed by atoms with Gasteiger partial charge in [-0.1, -0.05) is 18.3 Å². The molecule has 0 aliphatic carbocycles. The van der Waals surface area contributed by atoms with Crippen LogP contribution in [0.4, 0.5) is 5.13 Å². The molecule has 2 aromatic heterocycles. The van der Waals surface area contributed by atoms with Crippen molar-refractivity contribution in [2.75, 3.05) is 39.3 Å². The Morgan fingerprint density at radius 3 is 2.55 bits per heavy atom. The normalized spacial score (nSPS) is 16.0. The Labute approximate surface area is 195 Å². The molecule has 1 N–H and O–H groups in total. The van der Waals surface area contributed by atoms with Gasteiger partial charge in [0.05, 0.1) is 21.3 Å². The third-order valence-corrected chi connectivity index (χ3v) is 6.55. The van der Waals surface area contributed by atoms with Crippen molar-refractivity contribution >= 4 is 27.3 Å². The zero-order valence-electron chi connectivity index (χ0n) is 19.1. The predicted octanol–water partition coefficient (Wildman–Crippen LogP) is 2.34. The molecular weight excluding hydrogens is 446 g/mol. The zero-order chi connectivity index (χ0) is 23.5. The minimum Gasteiger partial charge on any atom is -0.493 e. The zero-order valence-corrected chi connectivity index (χ0v) is 19.9. The van der Waals surface area contributed by atoms with E-state index in [0.29, 0.717) is 28.1 Å². The van der Waals surface area contributed by atoms with Crippen LogP contribution in [0.2, 0.25) is 0 Å². The van der Waals surface area contributed by atoms with Crippen LogP contribution in [0, 0.1) is 5.92 Å². The van der Waals surface area contributed by atoms with Crippen molar-refractivity contribution in [3.8, 4) is 17.2 Å². The molecule has 1 aliphatic heterocycles. The highest BCUT2D eigenvalue weighted by molar-refractivity contribution is 7.20. The number of aromatic nitrogens is 3. The Balaban J connectivity index is 1.59. The average Bonchev–Trinajstić information content (AvgIpc) is 3.25. The van der Waals surface area contributed by atoms with Crippen LogP contribution in [0.5, 0.6) is 17.2 Å². The molecule has 1 fully saturated rings. The number of amides is 1. The molecule has 0 bridgehead atoms. The quantitative estimate of drug-likeness (QED) is 0.557. The van der Waals surface area contributed by atoms with E-state index in [4.69, 9.17) is 14.2 Å². The maximum atomic E-state index is 13.0. The van der Waals surface area contributed by atoms with E-state index >= 15 is 0 Å². The van der Waals surface area contributed by atoms with Crippen LogP contribution in [0.15, 0.2) is 23.0 Å². The lowest BCUT2D eigenvalue weighted by Gasteiger charge is -2.30. The number of fused-ring (bicyclic) bond motifs is 1. The first-order chi connectivity index (χ1) is 15.9. The number of benzene rings is 1. The van der Waals surface area contributed by atoms with Gasteiger partial charge in [0.1, 0.15) is 5.69 Å². The van der Waals surface area contributed by atoms with Crippen LogP contribution in [0.1, 0.15) is 35.8 Å². The van der Waals surface area contributed by atoms with Gasteiger partial charge in [-0.2, -0.15) is 9.50 Å². The fourth-order valence-corrected chi connectivity index (χ4v) is 4.91. The van der Waals surface area contributed by atoms with Crippen molar-refractivity contribution in [1.82, 2.24) is 19.9 Å². The van der Waals surface area contributed by atoms with Crippen LogP contribution in [-0.2, 0) is 6.54 Å². The van der Waals surface area contributed by atoms with Crippen molar-refractivity contribution in [3.05, 3.63) is 39.8 Å². The van der Waals surface area contributed by atoms with Gasteiger partial charge in [0.2, 0.25) is 15.8 Å². The molecule has 33 heavy (non-hydrogen) atoms. The monoisotopic (exact) mass is 473 g/mol. The SMILES string of the molecule is COc1cc(CNC(=O)c2cc(=O)nc3sc(N4CCC[C@H](C)C4)nn23)cc(OC)c1OC. The van der Waals surface area contributed by atoms with Crippen molar-refractivity contribution in [2.45, 2.75) is 26.3 Å². The van der Waals surface area contributed by atoms with Gasteiger partial charge < -0.3 is 24.4 Å². The highest BCUT2D eigenvalue weighted by Gasteiger charge is 2.22. The van der Waals surface area contributed by atoms with Crippen LogP contribution >= 0.6 is 11.3 Å². The molecule has 3 heterocycles. The standard InChI is InChI=1S/C22H27N5O5S/c1-13-6-5-7-26(12-13)22-25-27-15(10-18(28)24-21(27)33-22)20(29)23-11-14-8-16(30-2)19(32-4)17(9-14)31-3/h8-10,13H,5-7,11-12H2,1-4H3,(H,23,29)/t13-/m0/s1. The number of piperidine rings is 1. The lowest BCUT2D eigenvalue weighted by atomic mass is 10.0. The first-order valence-electron chi connectivity index (χ1n) is 10.7. The molecule has 11 heteroatoms. The first kappa shape index (κ1) is 22.8. The molecule has 1 saturated heterocycles. The summed E-state index contributed by atoms with van der Waals surface area (Å²) in [6.07, 6.45) is 2.27. The predicted molar refractivity (Wildman–Crippen MR) is 125 cm³/mol. The van der Waals surface area contributed by atoms with Crippen LogP contribution in [0.25, 0.3) is 4.96 Å². The minimum atomic E-state index is -0.477. The van der Waals surface area contributed by atoms with E-state index in [1.165, 1.54) is 49.7 Å². The Kier molecular flexibility index (Phi) is 6.68. The third kappa shape index (κ3) is 4.72. The molecule has 0 radical (unpaired) electrons. The molecule has 176 valence electrons. The topological polar surface area (TPSA) is 107 Å². The average molecular weight is 474 g/mol. The second kappa shape index (κ2) is 9.65. The molecule has 3 aromatic rings. The number of anilines is 1. The van der Waals surface area contributed by atoms with Gasteiger partial charge in [-0.25, -0.2) is 0 Å².